The van der Waals surface area contributed by atoms with Crippen LogP contribution in [-0.4, -0.2) is 22.2 Å². The number of rotatable bonds is 5. The summed E-state index contributed by atoms with van der Waals surface area (Å²) in [4.78, 5) is 11.8. The molecule has 0 spiro atoms. The van der Waals surface area contributed by atoms with Gasteiger partial charge in [-0.1, -0.05) is 0 Å². The van der Waals surface area contributed by atoms with Crippen molar-refractivity contribution in [1.82, 2.24) is 15.5 Å². The lowest BCUT2D eigenvalue weighted by molar-refractivity contribution is -0.127. The van der Waals surface area contributed by atoms with Crippen molar-refractivity contribution in [3.63, 3.8) is 0 Å². The number of nitrogens with zero attached hydrogens (tertiary/aromatic N) is 2. The molecule has 0 fully saturated rings. The largest absolute Gasteiger partial charge is 0.481 e. The Morgan fingerprint density at radius 2 is 2.25 bits per heavy atom. The molecule has 2 N–H and O–H groups in total. The van der Waals surface area contributed by atoms with Crippen molar-refractivity contribution in [2.75, 3.05) is 0 Å². The summed E-state index contributed by atoms with van der Waals surface area (Å²) >= 11 is 0. The van der Waals surface area contributed by atoms with Crippen molar-refractivity contribution in [1.29, 1.82) is 5.26 Å². The summed E-state index contributed by atoms with van der Waals surface area (Å²) in [7, 11) is 0. The number of carbonyl (C=O) groups is 1. The van der Waals surface area contributed by atoms with Crippen LogP contribution in [0.2, 0.25) is 0 Å². The van der Waals surface area contributed by atoms with Crippen molar-refractivity contribution in [2.24, 2.45) is 0 Å². The first-order chi connectivity index (χ1) is 9.69. The van der Waals surface area contributed by atoms with E-state index >= 15 is 0 Å². The number of hydrogen-bond donors (Lipinski definition) is 2. The Morgan fingerprint density at radius 1 is 1.50 bits per heavy atom. The van der Waals surface area contributed by atoms with Gasteiger partial charge in [-0.15, -0.1) is 0 Å². The van der Waals surface area contributed by atoms with E-state index in [9.17, 15) is 4.79 Å². The second-order valence-corrected chi connectivity index (χ2v) is 4.22. The molecule has 1 amide bonds. The van der Waals surface area contributed by atoms with Crippen LogP contribution in [0.15, 0.2) is 36.7 Å². The Bertz CT molecular complexity index is 599. The van der Waals surface area contributed by atoms with Gasteiger partial charge in [0.2, 0.25) is 0 Å². The highest BCUT2D eigenvalue weighted by atomic mass is 16.5. The van der Waals surface area contributed by atoms with Crippen LogP contribution in [0.3, 0.4) is 0 Å². The average Bonchev–Trinajstić information content (AvgIpc) is 2.98. The number of amides is 1. The first kappa shape index (κ1) is 13.6. The van der Waals surface area contributed by atoms with E-state index in [0.29, 0.717) is 17.9 Å². The summed E-state index contributed by atoms with van der Waals surface area (Å²) in [6.45, 7) is 2.07. The molecule has 102 valence electrons. The Morgan fingerprint density at radius 3 is 2.85 bits per heavy atom. The third-order valence-electron chi connectivity index (χ3n) is 2.69. The molecule has 6 heteroatoms. The number of benzene rings is 1. The number of aromatic amines is 1. The molecule has 1 heterocycles. The topological polar surface area (TPSA) is 90.8 Å². The number of H-pyrrole nitrogens is 1. The zero-order valence-corrected chi connectivity index (χ0v) is 11.0. The van der Waals surface area contributed by atoms with Gasteiger partial charge in [0.05, 0.1) is 17.8 Å². The maximum Gasteiger partial charge on any atom is 0.261 e. The molecular weight excluding hydrogens is 256 g/mol. The standard InChI is InChI=1S/C14H14N4O2/c1-10(14(19)16-7-12-8-17-18-9-12)20-13-4-2-11(6-15)3-5-13/h2-5,8-10H,7H2,1H3,(H,16,19)(H,17,18). The monoisotopic (exact) mass is 270 g/mol. The van der Waals surface area contributed by atoms with Gasteiger partial charge in [0.25, 0.3) is 5.91 Å². The number of aromatic nitrogens is 2. The van der Waals surface area contributed by atoms with E-state index in [0.717, 1.165) is 5.56 Å². The van der Waals surface area contributed by atoms with Crippen LogP contribution < -0.4 is 10.1 Å². The predicted molar refractivity (Wildman–Crippen MR) is 71.7 cm³/mol. The molecule has 2 rings (SSSR count). The van der Waals surface area contributed by atoms with Gasteiger partial charge in [-0.05, 0) is 31.2 Å². The van der Waals surface area contributed by atoms with Crippen molar-refractivity contribution in [2.45, 2.75) is 19.6 Å². The molecule has 0 aliphatic rings. The van der Waals surface area contributed by atoms with Crippen molar-refractivity contribution >= 4 is 5.91 Å². The molecule has 1 atom stereocenters. The summed E-state index contributed by atoms with van der Waals surface area (Å²) in [6.07, 6.45) is 2.74. The summed E-state index contributed by atoms with van der Waals surface area (Å²) < 4.78 is 5.50. The first-order valence-corrected chi connectivity index (χ1v) is 6.11. The molecular formula is C14H14N4O2. The zero-order valence-electron chi connectivity index (χ0n) is 11.0. The minimum atomic E-state index is -0.616. The van der Waals surface area contributed by atoms with Crippen LogP contribution in [0.4, 0.5) is 0 Å². The van der Waals surface area contributed by atoms with Gasteiger partial charge < -0.3 is 10.1 Å². The van der Waals surface area contributed by atoms with Crippen molar-refractivity contribution in [3.05, 3.63) is 47.8 Å². The van der Waals surface area contributed by atoms with Gasteiger partial charge in [0.15, 0.2) is 6.10 Å². The summed E-state index contributed by atoms with van der Waals surface area (Å²) in [5.41, 5.74) is 1.44. The summed E-state index contributed by atoms with van der Waals surface area (Å²) in [5, 5.41) is 17.9. The van der Waals surface area contributed by atoms with E-state index in [-0.39, 0.29) is 5.91 Å². The van der Waals surface area contributed by atoms with Crippen LogP contribution in [0.1, 0.15) is 18.1 Å². The van der Waals surface area contributed by atoms with E-state index in [1.807, 2.05) is 6.07 Å². The van der Waals surface area contributed by atoms with Crippen LogP contribution in [0.5, 0.6) is 5.75 Å². The molecule has 0 aliphatic carbocycles. The van der Waals surface area contributed by atoms with E-state index in [1.165, 1.54) is 0 Å². The molecule has 0 radical (unpaired) electrons. The lowest BCUT2D eigenvalue weighted by Gasteiger charge is -2.14. The normalized spacial score (nSPS) is 11.4. The highest BCUT2D eigenvalue weighted by Gasteiger charge is 2.14. The van der Waals surface area contributed by atoms with Crippen LogP contribution in [-0.2, 0) is 11.3 Å². The Balaban J connectivity index is 1.85. The van der Waals surface area contributed by atoms with Crippen molar-refractivity contribution in [3.8, 4) is 11.8 Å². The second kappa shape index (κ2) is 6.38. The lowest BCUT2D eigenvalue weighted by atomic mass is 10.2. The first-order valence-electron chi connectivity index (χ1n) is 6.11. The number of carbonyl (C=O) groups excluding carboxylic acids is 1. The minimum Gasteiger partial charge on any atom is -0.481 e. The summed E-state index contributed by atoms with van der Waals surface area (Å²) in [5.74, 6) is 0.338. The molecule has 0 saturated carbocycles. The zero-order chi connectivity index (χ0) is 14.4. The Hall–Kier alpha value is -2.81. The molecule has 0 aliphatic heterocycles. The molecule has 0 bridgehead atoms. The SMILES string of the molecule is CC(Oc1ccc(C#N)cc1)C(=O)NCc1cn[nH]c1. The van der Waals surface area contributed by atoms with Crippen LogP contribution >= 0.6 is 0 Å². The quantitative estimate of drug-likeness (QED) is 0.858. The van der Waals surface area contributed by atoms with E-state index in [2.05, 4.69) is 15.5 Å². The van der Waals surface area contributed by atoms with Gasteiger partial charge in [0.1, 0.15) is 5.75 Å². The fourth-order valence-electron chi connectivity index (χ4n) is 1.57. The van der Waals surface area contributed by atoms with Crippen molar-refractivity contribution < 1.29 is 9.53 Å². The molecule has 1 aromatic carbocycles. The lowest BCUT2D eigenvalue weighted by Crippen LogP contribution is -2.35. The van der Waals surface area contributed by atoms with Gasteiger partial charge >= 0.3 is 0 Å². The van der Waals surface area contributed by atoms with Gasteiger partial charge in [-0.3, -0.25) is 9.89 Å². The fourth-order valence-corrected chi connectivity index (χ4v) is 1.57. The van der Waals surface area contributed by atoms with E-state index < -0.39 is 6.10 Å². The average molecular weight is 270 g/mol. The van der Waals surface area contributed by atoms with Crippen LogP contribution in [0, 0.1) is 11.3 Å². The molecule has 1 unspecified atom stereocenters. The Kier molecular flexibility index (Phi) is 4.35. The maximum atomic E-state index is 11.8. The number of hydrogen-bond acceptors (Lipinski definition) is 4. The number of nitrogens with one attached hydrogen (secondary N) is 2. The molecule has 2 aromatic rings. The fraction of sp³-hybridized carbons (Fsp3) is 0.214. The minimum absolute atomic E-state index is 0.212. The maximum absolute atomic E-state index is 11.8. The second-order valence-electron chi connectivity index (χ2n) is 4.22. The van der Waals surface area contributed by atoms with E-state index in [1.54, 1.807) is 43.6 Å². The number of ether oxygens (including phenoxy) is 1. The third-order valence-corrected chi connectivity index (χ3v) is 2.69. The molecule has 20 heavy (non-hydrogen) atoms. The predicted octanol–water partition coefficient (Wildman–Crippen LogP) is 1.37. The van der Waals surface area contributed by atoms with E-state index in [4.69, 9.17) is 10.00 Å². The van der Waals surface area contributed by atoms with Gasteiger partial charge in [-0.2, -0.15) is 10.4 Å². The number of nitriles is 1. The highest BCUT2D eigenvalue weighted by Crippen LogP contribution is 2.13. The van der Waals surface area contributed by atoms with Crippen LogP contribution in [0.25, 0.3) is 0 Å². The van der Waals surface area contributed by atoms with Gasteiger partial charge in [-0.25, -0.2) is 0 Å². The molecule has 1 aromatic heterocycles. The summed E-state index contributed by atoms with van der Waals surface area (Å²) in [6, 6.07) is 8.64. The van der Waals surface area contributed by atoms with Gasteiger partial charge in [0, 0.05) is 18.3 Å². The molecule has 6 nitrogen and oxygen atoms in total. The Labute approximate surface area is 116 Å². The third kappa shape index (κ3) is 3.59. The highest BCUT2D eigenvalue weighted by molar-refractivity contribution is 5.80. The smallest absolute Gasteiger partial charge is 0.261 e. The molecule has 0 saturated heterocycles.